The van der Waals surface area contributed by atoms with Gasteiger partial charge in [0, 0.05) is 5.56 Å². The number of methoxy groups -OCH3 is 1. The number of nitrogens with zero attached hydrogens (tertiary/aromatic N) is 2. The van der Waals surface area contributed by atoms with Gasteiger partial charge in [-0.2, -0.15) is 5.26 Å². The average Bonchev–Trinajstić information content (AvgIpc) is 2.88. The maximum atomic E-state index is 9.20. The zero-order valence-electron chi connectivity index (χ0n) is 11.3. The Kier molecular flexibility index (Phi) is 3.86. The molecule has 2 rings (SSSR count). The lowest BCUT2D eigenvalue weighted by Gasteiger charge is -2.09. The van der Waals surface area contributed by atoms with Crippen LogP contribution < -0.4 is 4.74 Å². The number of nitriles is 1. The van der Waals surface area contributed by atoms with Crippen molar-refractivity contribution in [2.75, 3.05) is 7.11 Å². The van der Waals surface area contributed by atoms with Crippen molar-refractivity contribution < 1.29 is 4.74 Å². The van der Waals surface area contributed by atoms with Gasteiger partial charge in [-0.05, 0) is 18.1 Å². The molecule has 1 atom stereocenters. The molecule has 0 aliphatic heterocycles. The molecule has 0 spiro atoms. The molecule has 4 nitrogen and oxygen atoms in total. The second kappa shape index (κ2) is 5.57. The first-order valence-electron chi connectivity index (χ1n) is 6.25. The number of rotatable bonds is 4. The summed E-state index contributed by atoms with van der Waals surface area (Å²) in [4.78, 5) is 7.55. The quantitative estimate of drug-likeness (QED) is 0.911. The van der Waals surface area contributed by atoms with Crippen LogP contribution in [0.25, 0.3) is 11.3 Å². The fraction of sp³-hybridized carbons (Fsp3) is 0.333. The Hall–Kier alpha value is -2.28. The van der Waals surface area contributed by atoms with Crippen LogP contribution >= 0.6 is 0 Å². The lowest BCUT2D eigenvalue weighted by Crippen LogP contribution is -2.05. The summed E-state index contributed by atoms with van der Waals surface area (Å²) in [6, 6.07) is 10.0. The van der Waals surface area contributed by atoms with E-state index in [4.69, 9.17) is 4.74 Å². The number of hydrogen-bond acceptors (Lipinski definition) is 3. The van der Waals surface area contributed by atoms with Crippen molar-refractivity contribution >= 4 is 0 Å². The van der Waals surface area contributed by atoms with Gasteiger partial charge in [0.1, 0.15) is 17.5 Å². The molecule has 0 aliphatic rings. The first-order valence-corrected chi connectivity index (χ1v) is 6.25. The minimum Gasteiger partial charge on any atom is -0.496 e. The van der Waals surface area contributed by atoms with E-state index in [0.29, 0.717) is 5.82 Å². The molecule has 2 aromatic rings. The van der Waals surface area contributed by atoms with Gasteiger partial charge in [-0.25, -0.2) is 4.98 Å². The van der Waals surface area contributed by atoms with E-state index < -0.39 is 0 Å². The van der Waals surface area contributed by atoms with Crippen molar-refractivity contribution in [3.05, 3.63) is 36.3 Å². The number of benzene rings is 1. The molecule has 1 heterocycles. The SMILES string of the molecule is COc1ccccc1-c1cnc(C(C#N)C(C)C)[nH]1. The Balaban J connectivity index is 2.39. The van der Waals surface area contributed by atoms with Crippen molar-refractivity contribution in [1.29, 1.82) is 5.26 Å². The Morgan fingerprint density at radius 2 is 2.05 bits per heavy atom. The average molecular weight is 255 g/mol. The van der Waals surface area contributed by atoms with Crippen molar-refractivity contribution in [2.45, 2.75) is 19.8 Å². The number of aromatic amines is 1. The zero-order valence-corrected chi connectivity index (χ0v) is 11.3. The Labute approximate surface area is 113 Å². The number of H-pyrrole nitrogens is 1. The van der Waals surface area contributed by atoms with Gasteiger partial charge in [0.2, 0.25) is 0 Å². The highest BCUT2D eigenvalue weighted by atomic mass is 16.5. The van der Waals surface area contributed by atoms with E-state index >= 15 is 0 Å². The van der Waals surface area contributed by atoms with E-state index in [1.54, 1.807) is 13.3 Å². The molecule has 4 heteroatoms. The van der Waals surface area contributed by atoms with Gasteiger partial charge in [0.25, 0.3) is 0 Å². The van der Waals surface area contributed by atoms with E-state index in [-0.39, 0.29) is 11.8 Å². The van der Waals surface area contributed by atoms with Gasteiger partial charge < -0.3 is 9.72 Å². The van der Waals surface area contributed by atoms with Crippen molar-refractivity contribution in [1.82, 2.24) is 9.97 Å². The van der Waals surface area contributed by atoms with Gasteiger partial charge in [-0.15, -0.1) is 0 Å². The van der Waals surface area contributed by atoms with E-state index in [1.165, 1.54) is 0 Å². The van der Waals surface area contributed by atoms with Gasteiger partial charge in [-0.3, -0.25) is 0 Å². The molecule has 0 radical (unpaired) electrons. The van der Waals surface area contributed by atoms with Crippen LogP contribution in [0.3, 0.4) is 0 Å². The van der Waals surface area contributed by atoms with Gasteiger partial charge in [-0.1, -0.05) is 26.0 Å². The molecule has 0 aliphatic carbocycles. The molecular weight excluding hydrogens is 238 g/mol. The highest BCUT2D eigenvalue weighted by Crippen LogP contribution is 2.30. The molecule has 1 aromatic carbocycles. The third kappa shape index (κ3) is 2.60. The number of aromatic nitrogens is 2. The fourth-order valence-corrected chi connectivity index (χ4v) is 2.02. The molecule has 0 saturated heterocycles. The summed E-state index contributed by atoms with van der Waals surface area (Å²) in [5.74, 6) is 1.50. The topological polar surface area (TPSA) is 61.7 Å². The minimum atomic E-state index is -0.219. The molecule has 1 unspecified atom stereocenters. The smallest absolute Gasteiger partial charge is 0.128 e. The first kappa shape index (κ1) is 13.2. The molecule has 0 amide bonds. The van der Waals surface area contributed by atoms with Gasteiger partial charge in [0.05, 0.1) is 25.1 Å². The third-order valence-electron chi connectivity index (χ3n) is 3.09. The van der Waals surface area contributed by atoms with Crippen LogP contribution in [0.2, 0.25) is 0 Å². The van der Waals surface area contributed by atoms with E-state index in [9.17, 15) is 5.26 Å². The standard InChI is InChI=1S/C15H17N3O/c1-10(2)12(8-16)15-17-9-13(18-15)11-6-4-5-7-14(11)19-3/h4-7,9-10,12H,1-3H3,(H,17,18). The van der Waals surface area contributed by atoms with Gasteiger partial charge in [0.15, 0.2) is 0 Å². The van der Waals surface area contributed by atoms with Crippen molar-refractivity contribution in [2.24, 2.45) is 5.92 Å². The third-order valence-corrected chi connectivity index (χ3v) is 3.09. The van der Waals surface area contributed by atoms with Crippen LogP contribution in [0.15, 0.2) is 30.5 Å². The molecule has 19 heavy (non-hydrogen) atoms. The molecular formula is C15H17N3O. The Bertz CT molecular complexity index is 595. The Morgan fingerprint density at radius 3 is 2.68 bits per heavy atom. The van der Waals surface area contributed by atoms with Crippen LogP contribution in [0.1, 0.15) is 25.6 Å². The fourth-order valence-electron chi connectivity index (χ4n) is 2.02. The summed E-state index contributed by atoms with van der Waals surface area (Å²) in [5.41, 5.74) is 1.82. The lowest BCUT2D eigenvalue weighted by atomic mass is 9.97. The lowest BCUT2D eigenvalue weighted by molar-refractivity contribution is 0.416. The van der Waals surface area contributed by atoms with E-state index in [2.05, 4.69) is 16.0 Å². The maximum absolute atomic E-state index is 9.20. The van der Waals surface area contributed by atoms with Crippen molar-refractivity contribution in [3.63, 3.8) is 0 Å². The molecule has 98 valence electrons. The maximum Gasteiger partial charge on any atom is 0.128 e. The number of para-hydroxylation sites is 1. The normalized spacial score (nSPS) is 12.2. The number of ether oxygens (including phenoxy) is 1. The van der Waals surface area contributed by atoms with Crippen molar-refractivity contribution in [3.8, 4) is 23.1 Å². The highest BCUT2D eigenvalue weighted by molar-refractivity contribution is 5.66. The molecule has 0 saturated carbocycles. The van der Waals surface area contributed by atoms with Crippen LogP contribution in [0.5, 0.6) is 5.75 Å². The highest BCUT2D eigenvalue weighted by Gasteiger charge is 2.19. The molecule has 0 fully saturated rings. The summed E-state index contributed by atoms with van der Waals surface area (Å²) in [5, 5.41) is 9.20. The second-order valence-corrected chi connectivity index (χ2v) is 4.73. The van der Waals surface area contributed by atoms with E-state index in [0.717, 1.165) is 17.0 Å². The predicted molar refractivity (Wildman–Crippen MR) is 73.8 cm³/mol. The minimum absolute atomic E-state index is 0.219. The second-order valence-electron chi connectivity index (χ2n) is 4.73. The monoisotopic (exact) mass is 255 g/mol. The summed E-state index contributed by atoms with van der Waals surface area (Å²) >= 11 is 0. The van der Waals surface area contributed by atoms with Crippen LogP contribution in [0, 0.1) is 17.2 Å². The molecule has 0 bridgehead atoms. The zero-order chi connectivity index (χ0) is 13.8. The first-order chi connectivity index (χ1) is 9.17. The van der Waals surface area contributed by atoms with Crippen LogP contribution in [0.4, 0.5) is 0 Å². The van der Waals surface area contributed by atoms with Gasteiger partial charge >= 0.3 is 0 Å². The molecule has 1 aromatic heterocycles. The molecule has 1 N–H and O–H groups in total. The number of nitrogens with one attached hydrogen (secondary N) is 1. The summed E-state index contributed by atoms with van der Waals surface area (Å²) < 4.78 is 5.33. The van der Waals surface area contributed by atoms with E-state index in [1.807, 2.05) is 38.1 Å². The largest absolute Gasteiger partial charge is 0.496 e. The summed E-state index contributed by atoms with van der Waals surface area (Å²) in [6.45, 7) is 4.03. The van der Waals surface area contributed by atoms with Crippen LogP contribution in [-0.4, -0.2) is 17.1 Å². The number of hydrogen-bond donors (Lipinski definition) is 1. The predicted octanol–water partition coefficient (Wildman–Crippen LogP) is 3.35. The Morgan fingerprint density at radius 1 is 1.32 bits per heavy atom. The van der Waals surface area contributed by atoms with Crippen LogP contribution in [-0.2, 0) is 0 Å². The number of imidazole rings is 1. The summed E-state index contributed by atoms with van der Waals surface area (Å²) in [6.07, 6.45) is 1.75. The summed E-state index contributed by atoms with van der Waals surface area (Å²) in [7, 11) is 1.64.